The Labute approximate surface area is 115 Å². The molecule has 2 aromatic rings. The average molecular weight is 343 g/mol. The summed E-state index contributed by atoms with van der Waals surface area (Å²) in [5.41, 5.74) is 0.455. The van der Waals surface area contributed by atoms with Crippen LogP contribution in [-0.4, -0.2) is 27.5 Å². The molecule has 0 N–H and O–H groups in total. The van der Waals surface area contributed by atoms with Gasteiger partial charge in [0, 0.05) is 12.4 Å². The molecule has 0 bridgehead atoms. The lowest BCUT2D eigenvalue weighted by Crippen LogP contribution is -1.92. The van der Waals surface area contributed by atoms with Gasteiger partial charge in [-0.15, -0.1) is 24.0 Å². The predicted molar refractivity (Wildman–Crippen MR) is 72.5 cm³/mol. The normalized spacial score (nSPS) is 8.00. The minimum Gasteiger partial charge on any atom is -0.296 e. The fraction of sp³-hybridized carbons (Fsp3) is 0. The van der Waals surface area contributed by atoms with Crippen molar-refractivity contribution in [1.82, 2.24) is 15.0 Å². The van der Waals surface area contributed by atoms with Gasteiger partial charge in [-0.25, -0.2) is 9.97 Å². The van der Waals surface area contributed by atoms with Crippen LogP contribution in [0, 0.1) is 0 Å². The first kappa shape index (κ1) is 15.3. The molecule has 2 rings (SSSR count). The van der Waals surface area contributed by atoms with Crippen molar-refractivity contribution in [3.8, 4) is 0 Å². The van der Waals surface area contributed by atoms with E-state index in [1.807, 2.05) is 18.2 Å². The molecule has 0 fully saturated rings. The maximum absolute atomic E-state index is 10.0. The highest BCUT2D eigenvalue weighted by Crippen LogP contribution is 1.87. The molecule has 0 aliphatic heterocycles. The summed E-state index contributed by atoms with van der Waals surface area (Å²) in [6, 6.07) is 5.72. The predicted octanol–water partition coefficient (Wildman–Crippen LogP) is 1.80. The van der Waals surface area contributed by atoms with E-state index in [2.05, 4.69) is 15.0 Å². The lowest BCUT2D eigenvalue weighted by molar-refractivity contribution is 0.110. The van der Waals surface area contributed by atoms with Crippen LogP contribution in [0.25, 0.3) is 0 Å². The van der Waals surface area contributed by atoms with Crippen LogP contribution < -0.4 is 0 Å². The summed E-state index contributed by atoms with van der Waals surface area (Å²) in [4.78, 5) is 31.0. The van der Waals surface area contributed by atoms with Gasteiger partial charge in [-0.3, -0.25) is 14.6 Å². The van der Waals surface area contributed by atoms with Crippen LogP contribution in [0.3, 0.4) is 0 Å². The molecule has 88 valence electrons. The molecule has 0 atom stereocenters. The molecule has 0 aromatic carbocycles. The molecule has 5 nitrogen and oxygen atoms in total. The number of aromatic nitrogens is 3. The van der Waals surface area contributed by atoms with Gasteiger partial charge in [0.25, 0.3) is 0 Å². The summed E-state index contributed by atoms with van der Waals surface area (Å²) in [7, 11) is 0. The van der Waals surface area contributed by atoms with Gasteiger partial charge in [-0.05, 0) is 12.1 Å². The Bertz CT molecular complexity index is 381. The van der Waals surface area contributed by atoms with Gasteiger partial charge in [0.15, 0.2) is 12.6 Å². The van der Waals surface area contributed by atoms with Crippen LogP contribution in [0.15, 0.2) is 43.0 Å². The maximum atomic E-state index is 10.0. The highest BCUT2D eigenvalue weighted by molar-refractivity contribution is 14.0. The molecule has 0 aliphatic rings. The summed E-state index contributed by atoms with van der Waals surface area (Å²) >= 11 is 0. The molecule has 0 saturated heterocycles. The highest BCUT2D eigenvalue weighted by atomic mass is 127. The second-order valence-corrected chi connectivity index (χ2v) is 2.63. The molecule has 0 radical (unpaired) electrons. The maximum Gasteiger partial charge on any atom is 0.170 e. The SMILES string of the molecule is I.O=Cc1cnc(C=O)cn1.c1ccncc1. The summed E-state index contributed by atoms with van der Waals surface area (Å²) in [5, 5.41) is 0. The molecule has 6 heteroatoms. The van der Waals surface area contributed by atoms with Crippen LogP contribution >= 0.6 is 24.0 Å². The van der Waals surface area contributed by atoms with Crippen molar-refractivity contribution in [3.05, 3.63) is 54.4 Å². The van der Waals surface area contributed by atoms with E-state index >= 15 is 0 Å². The number of nitrogens with zero attached hydrogens (tertiary/aromatic N) is 3. The van der Waals surface area contributed by atoms with Crippen molar-refractivity contribution in [2.45, 2.75) is 0 Å². The fourth-order valence-electron chi connectivity index (χ4n) is 0.782. The molecule has 17 heavy (non-hydrogen) atoms. The Balaban J connectivity index is 0.000000316. The Morgan fingerprint density at radius 1 is 0.824 bits per heavy atom. The second-order valence-electron chi connectivity index (χ2n) is 2.63. The largest absolute Gasteiger partial charge is 0.296 e. The van der Waals surface area contributed by atoms with Gasteiger partial charge < -0.3 is 0 Å². The highest BCUT2D eigenvalue weighted by Gasteiger charge is 1.92. The first-order valence-corrected chi connectivity index (χ1v) is 4.44. The summed E-state index contributed by atoms with van der Waals surface area (Å²) in [5.74, 6) is 0. The third kappa shape index (κ3) is 6.46. The van der Waals surface area contributed by atoms with E-state index in [9.17, 15) is 9.59 Å². The van der Waals surface area contributed by atoms with Crippen molar-refractivity contribution in [3.63, 3.8) is 0 Å². The Kier molecular flexibility index (Phi) is 8.57. The number of hydrogen-bond donors (Lipinski definition) is 0. The van der Waals surface area contributed by atoms with Gasteiger partial charge in [-0.2, -0.15) is 0 Å². The van der Waals surface area contributed by atoms with Crippen LogP contribution in [0.5, 0.6) is 0 Å². The van der Waals surface area contributed by atoms with E-state index in [-0.39, 0.29) is 35.4 Å². The van der Waals surface area contributed by atoms with Crippen molar-refractivity contribution in [1.29, 1.82) is 0 Å². The fourth-order valence-corrected chi connectivity index (χ4v) is 0.782. The van der Waals surface area contributed by atoms with Gasteiger partial charge in [0.05, 0.1) is 12.4 Å². The van der Waals surface area contributed by atoms with Gasteiger partial charge in [-0.1, -0.05) is 6.07 Å². The molecular formula is C11H10IN3O2. The number of aldehydes is 2. The quantitative estimate of drug-likeness (QED) is 0.614. The molecule has 0 saturated carbocycles. The number of carbonyl (C=O) groups is 2. The molecule has 0 spiro atoms. The number of hydrogen-bond acceptors (Lipinski definition) is 5. The lowest BCUT2D eigenvalue weighted by Gasteiger charge is -1.87. The lowest BCUT2D eigenvalue weighted by atomic mass is 10.4. The first-order valence-electron chi connectivity index (χ1n) is 4.44. The Hall–Kier alpha value is -1.70. The van der Waals surface area contributed by atoms with E-state index in [0.717, 1.165) is 0 Å². The zero-order chi connectivity index (χ0) is 11.6. The van der Waals surface area contributed by atoms with Crippen molar-refractivity contribution < 1.29 is 9.59 Å². The molecule has 0 aliphatic carbocycles. The van der Waals surface area contributed by atoms with E-state index in [4.69, 9.17) is 0 Å². The molecule has 2 heterocycles. The standard InChI is InChI=1S/C6H4N2O2.C5H5N.HI/c9-3-5-1-7-6(4-10)2-8-5;1-2-4-6-5-3-1;/h1-4H;1-5H;1H. The van der Waals surface area contributed by atoms with Crippen molar-refractivity contribution in [2.24, 2.45) is 0 Å². The minimum atomic E-state index is 0. The topological polar surface area (TPSA) is 72.8 Å². The van der Waals surface area contributed by atoms with Crippen molar-refractivity contribution in [2.75, 3.05) is 0 Å². The number of rotatable bonds is 2. The Morgan fingerprint density at radius 3 is 1.47 bits per heavy atom. The average Bonchev–Trinajstić information content (AvgIpc) is 2.41. The third-order valence-electron chi connectivity index (χ3n) is 1.50. The van der Waals surface area contributed by atoms with Crippen LogP contribution in [0.4, 0.5) is 0 Å². The van der Waals surface area contributed by atoms with E-state index in [0.29, 0.717) is 12.6 Å². The number of pyridine rings is 1. The Morgan fingerprint density at radius 2 is 1.29 bits per heavy atom. The summed E-state index contributed by atoms with van der Waals surface area (Å²) < 4.78 is 0. The number of carbonyl (C=O) groups excluding carboxylic acids is 2. The molecule has 0 amide bonds. The van der Waals surface area contributed by atoms with Gasteiger partial charge >= 0.3 is 0 Å². The van der Waals surface area contributed by atoms with Gasteiger partial charge in [0.2, 0.25) is 0 Å². The summed E-state index contributed by atoms with van der Waals surface area (Å²) in [6.07, 6.45) is 7.14. The van der Waals surface area contributed by atoms with Crippen LogP contribution in [0.1, 0.15) is 21.0 Å². The smallest absolute Gasteiger partial charge is 0.170 e. The zero-order valence-corrected chi connectivity index (χ0v) is 11.1. The van der Waals surface area contributed by atoms with E-state index < -0.39 is 0 Å². The van der Waals surface area contributed by atoms with Crippen LogP contribution in [-0.2, 0) is 0 Å². The van der Waals surface area contributed by atoms with Crippen LogP contribution in [0.2, 0.25) is 0 Å². The second kappa shape index (κ2) is 9.52. The summed E-state index contributed by atoms with van der Waals surface area (Å²) in [6.45, 7) is 0. The minimum absolute atomic E-state index is 0. The molecule has 2 aromatic heterocycles. The van der Waals surface area contributed by atoms with E-state index in [1.165, 1.54) is 12.4 Å². The monoisotopic (exact) mass is 343 g/mol. The van der Waals surface area contributed by atoms with E-state index in [1.54, 1.807) is 12.4 Å². The first-order chi connectivity index (χ1) is 7.86. The molecule has 0 unspecified atom stereocenters. The van der Waals surface area contributed by atoms with Crippen molar-refractivity contribution >= 4 is 36.5 Å². The zero-order valence-electron chi connectivity index (χ0n) is 8.76. The third-order valence-corrected chi connectivity index (χ3v) is 1.50. The van der Waals surface area contributed by atoms with Gasteiger partial charge in [0.1, 0.15) is 11.4 Å². The number of halogens is 1. The molecular weight excluding hydrogens is 333 g/mol.